The molecule has 0 saturated heterocycles. The van der Waals surface area contributed by atoms with Crippen molar-refractivity contribution in [1.29, 1.82) is 0 Å². The van der Waals surface area contributed by atoms with Crippen molar-refractivity contribution in [3.8, 4) is 0 Å². The van der Waals surface area contributed by atoms with Gasteiger partial charge in [-0.2, -0.15) is 0 Å². The minimum absolute atomic E-state index is 0.169. The van der Waals surface area contributed by atoms with Gasteiger partial charge in [-0.1, -0.05) is 48.5 Å². The average Bonchev–Trinajstić information content (AvgIpc) is 2.59. The van der Waals surface area contributed by atoms with Crippen molar-refractivity contribution < 1.29 is 5.11 Å². The number of hydrogen-bond acceptors (Lipinski definition) is 2. The van der Waals surface area contributed by atoms with E-state index in [0.717, 1.165) is 0 Å². The van der Waals surface area contributed by atoms with Crippen LogP contribution in [0.5, 0.6) is 0 Å². The highest BCUT2D eigenvalue weighted by Crippen LogP contribution is 2.37. The van der Waals surface area contributed by atoms with E-state index in [1.807, 2.05) is 12.1 Å². The molecule has 3 rings (SSSR count). The maximum absolute atomic E-state index is 9.43. The van der Waals surface area contributed by atoms with Crippen molar-refractivity contribution in [3.63, 3.8) is 0 Å². The van der Waals surface area contributed by atoms with Gasteiger partial charge < -0.3 is 10.0 Å². The molecular weight excluding hydrogens is 282 g/mol. The summed E-state index contributed by atoms with van der Waals surface area (Å²) in [4.78, 5) is 2.31. The van der Waals surface area contributed by atoms with Gasteiger partial charge in [0.15, 0.2) is 0 Å². The number of aliphatic hydroxyl groups is 1. The van der Waals surface area contributed by atoms with E-state index >= 15 is 0 Å². The third kappa shape index (κ3) is 3.08. The molecule has 2 aromatic rings. The molecule has 0 bridgehead atoms. The zero-order valence-electron chi connectivity index (χ0n) is 13.7. The van der Waals surface area contributed by atoms with E-state index < -0.39 is 0 Å². The molecule has 0 amide bonds. The van der Waals surface area contributed by atoms with E-state index in [1.54, 1.807) is 0 Å². The molecule has 0 aromatic heterocycles. The first kappa shape index (κ1) is 15.6. The first-order chi connectivity index (χ1) is 11.2. The lowest BCUT2D eigenvalue weighted by Crippen LogP contribution is -2.33. The van der Waals surface area contributed by atoms with Crippen LogP contribution in [-0.2, 0) is 0 Å². The number of allylic oxidation sites excluding steroid dienone is 1. The van der Waals surface area contributed by atoms with Crippen LogP contribution in [-0.4, -0.2) is 17.8 Å². The fourth-order valence-electron chi connectivity index (χ4n) is 3.35. The van der Waals surface area contributed by atoms with Crippen LogP contribution in [0.3, 0.4) is 0 Å². The Morgan fingerprint density at radius 2 is 1.57 bits per heavy atom. The van der Waals surface area contributed by atoms with Crippen LogP contribution in [0.1, 0.15) is 25.8 Å². The van der Waals surface area contributed by atoms with Gasteiger partial charge in [0.05, 0.1) is 6.04 Å². The molecule has 2 aromatic carbocycles. The number of para-hydroxylation sites is 1. The molecule has 1 atom stereocenters. The molecule has 23 heavy (non-hydrogen) atoms. The molecule has 1 N–H and O–H groups in total. The van der Waals surface area contributed by atoms with Gasteiger partial charge in [0.2, 0.25) is 0 Å². The van der Waals surface area contributed by atoms with Crippen molar-refractivity contribution in [2.24, 2.45) is 0 Å². The van der Waals surface area contributed by atoms with Crippen LogP contribution >= 0.6 is 0 Å². The molecule has 1 aliphatic heterocycles. The second-order valence-corrected chi connectivity index (χ2v) is 5.95. The summed E-state index contributed by atoms with van der Waals surface area (Å²) in [6, 6.07) is 21.2. The second kappa shape index (κ2) is 6.84. The third-order valence-corrected chi connectivity index (χ3v) is 4.54. The Morgan fingerprint density at radius 3 is 2.17 bits per heavy atom. The first-order valence-corrected chi connectivity index (χ1v) is 8.14. The minimum atomic E-state index is 0.169. The predicted molar refractivity (Wildman–Crippen MR) is 97.2 cm³/mol. The maximum atomic E-state index is 9.43. The SMILES string of the molecule is CC1=C(c2ccccc2)C(C)N(c2ccccc2)C=C1CCO. The van der Waals surface area contributed by atoms with Crippen molar-refractivity contribution in [3.05, 3.63) is 83.6 Å². The molecule has 0 spiro atoms. The Kier molecular flexibility index (Phi) is 4.63. The summed E-state index contributed by atoms with van der Waals surface area (Å²) in [5.41, 5.74) is 6.25. The topological polar surface area (TPSA) is 23.5 Å². The van der Waals surface area contributed by atoms with Gasteiger partial charge in [-0.05, 0) is 54.7 Å². The van der Waals surface area contributed by atoms with Crippen molar-refractivity contribution in [2.75, 3.05) is 11.5 Å². The summed E-state index contributed by atoms with van der Waals surface area (Å²) >= 11 is 0. The Balaban J connectivity index is 2.10. The average molecular weight is 305 g/mol. The molecule has 118 valence electrons. The van der Waals surface area contributed by atoms with Gasteiger partial charge >= 0.3 is 0 Å². The summed E-state index contributed by atoms with van der Waals surface area (Å²) in [5.74, 6) is 0. The first-order valence-electron chi connectivity index (χ1n) is 8.14. The number of anilines is 1. The largest absolute Gasteiger partial charge is 0.396 e. The molecule has 1 aliphatic rings. The molecule has 2 nitrogen and oxygen atoms in total. The lowest BCUT2D eigenvalue weighted by molar-refractivity contribution is 0.299. The van der Waals surface area contributed by atoms with Crippen LogP contribution in [0.25, 0.3) is 5.57 Å². The normalized spacial score (nSPS) is 18.1. The number of aliphatic hydroxyl groups excluding tert-OH is 1. The van der Waals surface area contributed by atoms with Crippen LogP contribution in [0.2, 0.25) is 0 Å². The number of hydrogen-bond donors (Lipinski definition) is 1. The number of rotatable bonds is 4. The summed E-state index contributed by atoms with van der Waals surface area (Å²) in [7, 11) is 0. The Bertz CT molecular complexity index is 716. The summed E-state index contributed by atoms with van der Waals surface area (Å²) in [6.45, 7) is 4.58. The second-order valence-electron chi connectivity index (χ2n) is 5.95. The van der Waals surface area contributed by atoms with Crippen LogP contribution in [0.4, 0.5) is 5.69 Å². The van der Waals surface area contributed by atoms with E-state index in [9.17, 15) is 5.11 Å². The van der Waals surface area contributed by atoms with Gasteiger partial charge in [0, 0.05) is 18.5 Å². The molecule has 1 heterocycles. The Labute approximate surface area is 138 Å². The predicted octanol–water partition coefficient (Wildman–Crippen LogP) is 4.64. The highest BCUT2D eigenvalue weighted by atomic mass is 16.2. The summed E-state index contributed by atoms with van der Waals surface area (Å²) in [6.07, 6.45) is 2.87. The van der Waals surface area contributed by atoms with Crippen molar-refractivity contribution in [1.82, 2.24) is 0 Å². The van der Waals surface area contributed by atoms with Gasteiger partial charge in [-0.3, -0.25) is 0 Å². The lowest BCUT2D eigenvalue weighted by atomic mass is 9.86. The number of nitrogens with zero attached hydrogens (tertiary/aromatic N) is 1. The van der Waals surface area contributed by atoms with E-state index in [1.165, 1.54) is 28.0 Å². The Morgan fingerprint density at radius 1 is 0.957 bits per heavy atom. The molecule has 2 heteroatoms. The van der Waals surface area contributed by atoms with E-state index in [4.69, 9.17) is 0 Å². The van der Waals surface area contributed by atoms with Crippen LogP contribution < -0.4 is 4.90 Å². The molecule has 0 radical (unpaired) electrons. The maximum Gasteiger partial charge on any atom is 0.0566 e. The van der Waals surface area contributed by atoms with Gasteiger partial charge in [-0.25, -0.2) is 0 Å². The van der Waals surface area contributed by atoms with E-state index in [0.29, 0.717) is 6.42 Å². The Hall–Kier alpha value is -2.32. The zero-order valence-corrected chi connectivity index (χ0v) is 13.7. The smallest absolute Gasteiger partial charge is 0.0566 e. The van der Waals surface area contributed by atoms with Crippen LogP contribution in [0, 0.1) is 0 Å². The highest BCUT2D eigenvalue weighted by Gasteiger charge is 2.26. The standard InChI is InChI=1S/C21H23NO/c1-16-19(13-14-23)15-22(20-11-7-4-8-12-20)17(2)21(16)18-9-5-3-6-10-18/h3-12,15,17,23H,13-14H2,1-2H3. The molecule has 0 saturated carbocycles. The molecular formula is C21H23NO. The summed E-state index contributed by atoms with van der Waals surface area (Å²) in [5, 5.41) is 9.43. The number of benzene rings is 2. The molecule has 0 aliphatic carbocycles. The summed E-state index contributed by atoms with van der Waals surface area (Å²) < 4.78 is 0. The highest BCUT2D eigenvalue weighted by molar-refractivity contribution is 5.81. The van der Waals surface area contributed by atoms with Gasteiger partial charge in [-0.15, -0.1) is 0 Å². The van der Waals surface area contributed by atoms with Crippen molar-refractivity contribution in [2.45, 2.75) is 26.3 Å². The van der Waals surface area contributed by atoms with Gasteiger partial charge in [0.1, 0.15) is 0 Å². The van der Waals surface area contributed by atoms with E-state index in [-0.39, 0.29) is 12.6 Å². The third-order valence-electron chi connectivity index (χ3n) is 4.54. The quantitative estimate of drug-likeness (QED) is 0.890. The van der Waals surface area contributed by atoms with Crippen LogP contribution in [0.15, 0.2) is 78.0 Å². The van der Waals surface area contributed by atoms with Gasteiger partial charge in [0.25, 0.3) is 0 Å². The fraction of sp³-hybridized carbons (Fsp3) is 0.238. The molecule has 1 unspecified atom stereocenters. The van der Waals surface area contributed by atoms with Crippen molar-refractivity contribution >= 4 is 11.3 Å². The zero-order chi connectivity index (χ0) is 16.2. The lowest BCUT2D eigenvalue weighted by Gasteiger charge is -2.36. The minimum Gasteiger partial charge on any atom is -0.396 e. The molecule has 0 fully saturated rings. The monoisotopic (exact) mass is 305 g/mol. The fourth-order valence-corrected chi connectivity index (χ4v) is 3.35. The van der Waals surface area contributed by atoms with E-state index in [2.05, 4.69) is 73.5 Å².